The van der Waals surface area contributed by atoms with Crippen molar-refractivity contribution in [3.8, 4) is 0 Å². The van der Waals surface area contributed by atoms with Crippen LogP contribution in [0.25, 0.3) is 0 Å². The molecule has 14 heavy (non-hydrogen) atoms. The molecule has 1 fully saturated rings. The minimum atomic E-state index is -0.0468. The maximum absolute atomic E-state index is 7.42. The van der Waals surface area contributed by atoms with E-state index in [-0.39, 0.29) is 11.1 Å². The number of guanidine groups is 1. The van der Waals surface area contributed by atoms with Gasteiger partial charge in [-0.1, -0.05) is 11.8 Å². The van der Waals surface area contributed by atoms with Crippen LogP contribution in [0.2, 0.25) is 0 Å². The Bertz CT molecular complexity index is 221. The van der Waals surface area contributed by atoms with Crippen LogP contribution in [-0.4, -0.2) is 30.1 Å². The van der Waals surface area contributed by atoms with Gasteiger partial charge in [0.15, 0.2) is 11.1 Å². The Morgan fingerprint density at radius 3 is 2.64 bits per heavy atom. The van der Waals surface area contributed by atoms with Gasteiger partial charge in [0.2, 0.25) is 0 Å². The SMILES string of the molecule is N=C(N=C(N)N)SCC1CCOCC1. The van der Waals surface area contributed by atoms with Crippen molar-refractivity contribution in [1.82, 2.24) is 0 Å². The van der Waals surface area contributed by atoms with E-state index < -0.39 is 0 Å². The first-order valence-electron chi connectivity index (χ1n) is 4.57. The second kappa shape index (κ2) is 5.87. The van der Waals surface area contributed by atoms with E-state index in [2.05, 4.69) is 4.99 Å². The normalized spacial score (nSPS) is 17.7. The number of rotatable bonds is 2. The van der Waals surface area contributed by atoms with Gasteiger partial charge in [-0.3, -0.25) is 5.41 Å². The number of aliphatic imine (C=N–C) groups is 1. The van der Waals surface area contributed by atoms with Crippen LogP contribution in [0, 0.1) is 11.3 Å². The average Bonchev–Trinajstić information content (AvgIpc) is 2.15. The van der Waals surface area contributed by atoms with Gasteiger partial charge in [0.25, 0.3) is 0 Å². The molecule has 0 aromatic rings. The lowest BCUT2D eigenvalue weighted by Crippen LogP contribution is -2.24. The molecule has 0 aromatic heterocycles. The molecule has 0 spiro atoms. The van der Waals surface area contributed by atoms with Crippen LogP contribution in [0.5, 0.6) is 0 Å². The van der Waals surface area contributed by atoms with Gasteiger partial charge >= 0.3 is 0 Å². The van der Waals surface area contributed by atoms with E-state index in [0.717, 1.165) is 31.8 Å². The summed E-state index contributed by atoms with van der Waals surface area (Å²) in [5.41, 5.74) is 10.3. The van der Waals surface area contributed by atoms with Crippen LogP contribution < -0.4 is 11.5 Å². The van der Waals surface area contributed by atoms with Crippen molar-refractivity contribution < 1.29 is 4.74 Å². The van der Waals surface area contributed by atoms with Gasteiger partial charge < -0.3 is 16.2 Å². The summed E-state index contributed by atoms with van der Waals surface area (Å²) in [6, 6.07) is 0. The molecule has 1 saturated heterocycles. The minimum Gasteiger partial charge on any atom is -0.381 e. The molecule has 1 aliphatic rings. The maximum atomic E-state index is 7.42. The largest absolute Gasteiger partial charge is 0.381 e. The van der Waals surface area contributed by atoms with Gasteiger partial charge in [-0.25, -0.2) is 0 Å². The number of amidine groups is 1. The van der Waals surface area contributed by atoms with Gasteiger partial charge in [0.05, 0.1) is 0 Å². The summed E-state index contributed by atoms with van der Waals surface area (Å²) in [7, 11) is 0. The Kier molecular flexibility index (Phi) is 4.75. The van der Waals surface area contributed by atoms with Gasteiger partial charge in [-0.15, -0.1) is 0 Å². The van der Waals surface area contributed by atoms with Crippen molar-refractivity contribution in [3.05, 3.63) is 0 Å². The van der Waals surface area contributed by atoms with E-state index in [4.69, 9.17) is 21.6 Å². The predicted octanol–water partition coefficient (Wildman–Crippen LogP) is 0.354. The molecule has 0 amide bonds. The third-order valence-corrected chi connectivity index (χ3v) is 3.03. The smallest absolute Gasteiger partial charge is 0.193 e. The molecule has 5 nitrogen and oxygen atoms in total. The van der Waals surface area contributed by atoms with E-state index >= 15 is 0 Å². The van der Waals surface area contributed by atoms with E-state index in [1.54, 1.807) is 0 Å². The molecule has 0 radical (unpaired) electrons. The highest BCUT2D eigenvalue weighted by atomic mass is 32.2. The number of ether oxygens (including phenoxy) is 1. The highest BCUT2D eigenvalue weighted by Crippen LogP contribution is 2.20. The zero-order chi connectivity index (χ0) is 10.4. The standard InChI is InChI=1S/C8H16N4OS/c9-7(10)12-8(11)14-5-6-1-3-13-4-2-6/h6H,1-5H2,(H5,9,10,11,12). The minimum absolute atomic E-state index is 0.0468. The van der Waals surface area contributed by atoms with Crippen molar-refractivity contribution in [2.24, 2.45) is 22.4 Å². The molecular formula is C8H16N4OS. The monoisotopic (exact) mass is 216 g/mol. The van der Waals surface area contributed by atoms with Gasteiger partial charge in [0.1, 0.15) is 0 Å². The lowest BCUT2D eigenvalue weighted by atomic mass is 10.0. The number of hydrogen-bond acceptors (Lipinski definition) is 3. The van der Waals surface area contributed by atoms with E-state index in [9.17, 15) is 0 Å². The first-order valence-corrected chi connectivity index (χ1v) is 5.56. The van der Waals surface area contributed by atoms with Crippen molar-refractivity contribution in [1.29, 1.82) is 5.41 Å². The Morgan fingerprint density at radius 2 is 2.07 bits per heavy atom. The molecule has 6 heteroatoms. The topological polar surface area (TPSA) is 97.5 Å². The first-order chi connectivity index (χ1) is 6.68. The third-order valence-electron chi connectivity index (χ3n) is 2.03. The highest BCUT2D eigenvalue weighted by molar-refractivity contribution is 8.13. The number of nitrogens with two attached hydrogens (primary N) is 2. The number of nitrogens with one attached hydrogen (secondary N) is 1. The van der Waals surface area contributed by atoms with Gasteiger partial charge in [0, 0.05) is 19.0 Å². The van der Waals surface area contributed by atoms with Crippen LogP contribution in [0.15, 0.2) is 4.99 Å². The lowest BCUT2D eigenvalue weighted by Gasteiger charge is -2.20. The van der Waals surface area contributed by atoms with Crippen LogP contribution in [0.4, 0.5) is 0 Å². The summed E-state index contributed by atoms with van der Waals surface area (Å²) in [5.74, 6) is 1.48. The fraction of sp³-hybridized carbons (Fsp3) is 0.750. The molecule has 1 rings (SSSR count). The molecule has 5 N–H and O–H groups in total. The van der Waals surface area contributed by atoms with Crippen LogP contribution in [0.1, 0.15) is 12.8 Å². The second-order valence-electron chi connectivity index (χ2n) is 3.21. The molecule has 0 unspecified atom stereocenters. The molecule has 0 bridgehead atoms. The predicted molar refractivity (Wildman–Crippen MR) is 59.5 cm³/mol. The molecule has 1 aliphatic heterocycles. The average molecular weight is 216 g/mol. The number of thioether (sulfide) groups is 1. The Morgan fingerprint density at radius 1 is 1.43 bits per heavy atom. The van der Waals surface area contributed by atoms with Gasteiger partial charge in [-0.05, 0) is 18.8 Å². The summed E-state index contributed by atoms with van der Waals surface area (Å²) in [5, 5.41) is 7.61. The van der Waals surface area contributed by atoms with Gasteiger partial charge in [-0.2, -0.15) is 4.99 Å². The third kappa shape index (κ3) is 4.48. The Hall–Kier alpha value is -0.750. The summed E-state index contributed by atoms with van der Waals surface area (Å²) < 4.78 is 5.24. The summed E-state index contributed by atoms with van der Waals surface area (Å²) in [6.07, 6.45) is 2.14. The van der Waals surface area contributed by atoms with E-state index in [1.807, 2.05) is 0 Å². The Balaban J connectivity index is 2.19. The van der Waals surface area contributed by atoms with Crippen molar-refractivity contribution >= 4 is 22.9 Å². The molecule has 0 aliphatic carbocycles. The molecule has 0 aromatic carbocycles. The van der Waals surface area contributed by atoms with Crippen molar-refractivity contribution in [2.75, 3.05) is 19.0 Å². The second-order valence-corrected chi connectivity index (χ2v) is 4.22. The molecule has 80 valence electrons. The Labute approximate surface area is 87.8 Å². The number of nitrogens with zero attached hydrogens (tertiary/aromatic N) is 1. The molecule has 1 heterocycles. The maximum Gasteiger partial charge on any atom is 0.193 e. The van der Waals surface area contributed by atoms with Crippen molar-refractivity contribution in [2.45, 2.75) is 12.8 Å². The molecule has 0 atom stereocenters. The summed E-state index contributed by atoms with van der Waals surface area (Å²) in [4.78, 5) is 3.65. The number of hydrogen-bond donors (Lipinski definition) is 3. The molecule has 0 saturated carbocycles. The first kappa shape index (κ1) is 11.3. The van der Waals surface area contributed by atoms with Crippen LogP contribution in [-0.2, 0) is 4.74 Å². The van der Waals surface area contributed by atoms with E-state index in [0.29, 0.717) is 5.92 Å². The summed E-state index contributed by atoms with van der Waals surface area (Å²) >= 11 is 1.39. The zero-order valence-corrected chi connectivity index (χ0v) is 8.85. The highest BCUT2D eigenvalue weighted by Gasteiger charge is 2.14. The van der Waals surface area contributed by atoms with Crippen molar-refractivity contribution in [3.63, 3.8) is 0 Å². The fourth-order valence-corrected chi connectivity index (χ4v) is 2.16. The quantitative estimate of drug-likeness (QED) is 0.458. The van der Waals surface area contributed by atoms with Crippen LogP contribution >= 0.6 is 11.8 Å². The molecular weight excluding hydrogens is 200 g/mol. The summed E-state index contributed by atoms with van der Waals surface area (Å²) in [6.45, 7) is 1.67. The lowest BCUT2D eigenvalue weighted by molar-refractivity contribution is 0.0728. The zero-order valence-electron chi connectivity index (χ0n) is 8.03. The van der Waals surface area contributed by atoms with Crippen LogP contribution in [0.3, 0.4) is 0 Å². The van der Waals surface area contributed by atoms with E-state index in [1.165, 1.54) is 11.8 Å². The fourth-order valence-electron chi connectivity index (χ4n) is 1.26.